The van der Waals surface area contributed by atoms with Gasteiger partial charge in [0.05, 0.1) is 3.79 Å². The summed E-state index contributed by atoms with van der Waals surface area (Å²) in [5, 5.41) is 3.64. The Hall–Kier alpha value is -0.160. The lowest BCUT2D eigenvalue weighted by Crippen LogP contribution is -2.38. The summed E-state index contributed by atoms with van der Waals surface area (Å²) in [4.78, 5) is 1.42. The van der Waals surface area contributed by atoms with Crippen LogP contribution in [-0.2, 0) is 6.42 Å². The molecule has 1 heterocycles. The van der Waals surface area contributed by atoms with Crippen LogP contribution in [0.15, 0.2) is 44.7 Å². The van der Waals surface area contributed by atoms with Crippen LogP contribution in [0.4, 0.5) is 0 Å². The summed E-state index contributed by atoms with van der Waals surface area (Å²) in [5.41, 5.74) is 1.53. The maximum absolute atomic E-state index is 3.64. The Morgan fingerprint density at radius 2 is 1.71 bits per heavy atom. The summed E-state index contributed by atoms with van der Waals surface area (Å²) in [6.07, 6.45) is 1.07. The zero-order chi connectivity index (χ0) is 15.5. The molecule has 0 radical (unpaired) electrons. The molecule has 2 aromatic rings. The average molecular weight is 431 g/mol. The minimum Gasteiger partial charge on any atom is -0.311 e. The van der Waals surface area contributed by atoms with Crippen LogP contribution in [0, 0.1) is 0 Å². The molecule has 0 saturated heterocycles. The first kappa shape index (κ1) is 17.2. The van der Waals surface area contributed by atoms with Crippen molar-refractivity contribution in [2.75, 3.05) is 6.54 Å². The molecule has 0 saturated carbocycles. The summed E-state index contributed by atoms with van der Waals surface area (Å²) in [6, 6.07) is 13.1. The van der Waals surface area contributed by atoms with Crippen LogP contribution in [0.3, 0.4) is 0 Å². The second-order valence-electron chi connectivity index (χ2n) is 6.29. The largest absolute Gasteiger partial charge is 0.311 e. The van der Waals surface area contributed by atoms with Gasteiger partial charge in [-0.2, -0.15) is 0 Å². The first-order valence-corrected chi connectivity index (χ1v) is 9.48. The normalized spacial score (nSPS) is 13.4. The fraction of sp³-hybridized carbons (Fsp3) is 0.412. The molecule has 0 aliphatic carbocycles. The van der Waals surface area contributed by atoms with Crippen molar-refractivity contribution in [3.05, 3.63) is 55.1 Å². The standard InChI is InChI=1S/C17H21Br2NS/c1-17(2,3)20-11-13(10-15-8-9-16(19)21-15)12-4-6-14(18)7-5-12/h4-9,13,20H,10-11H2,1-3H3. The minimum atomic E-state index is 0.143. The van der Waals surface area contributed by atoms with Crippen LogP contribution < -0.4 is 5.32 Å². The highest BCUT2D eigenvalue weighted by Gasteiger charge is 2.17. The molecule has 0 bridgehead atoms. The van der Waals surface area contributed by atoms with Crippen molar-refractivity contribution in [2.45, 2.75) is 38.6 Å². The SMILES string of the molecule is CC(C)(C)NCC(Cc1ccc(Br)s1)c1ccc(Br)cc1. The Labute approximate surface area is 148 Å². The van der Waals surface area contributed by atoms with Crippen LogP contribution in [-0.4, -0.2) is 12.1 Å². The first-order chi connectivity index (χ1) is 9.83. The van der Waals surface area contributed by atoms with Gasteiger partial charge in [-0.25, -0.2) is 0 Å². The molecule has 2 rings (SSSR count). The maximum Gasteiger partial charge on any atom is 0.0701 e. The van der Waals surface area contributed by atoms with Crippen molar-refractivity contribution in [1.29, 1.82) is 0 Å². The summed E-state index contributed by atoms with van der Waals surface area (Å²) in [7, 11) is 0. The molecule has 21 heavy (non-hydrogen) atoms. The fourth-order valence-corrected chi connectivity index (χ4v) is 4.00. The van der Waals surface area contributed by atoms with E-state index in [0.29, 0.717) is 5.92 Å². The number of thiophene rings is 1. The third-order valence-corrected chi connectivity index (χ3v) is 5.47. The highest BCUT2D eigenvalue weighted by Crippen LogP contribution is 2.29. The lowest BCUT2D eigenvalue weighted by atomic mass is 9.94. The Balaban J connectivity index is 2.15. The van der Waals surface area contributed by atoms with Gasteiger partial charge in [-0.3, -0.25) is 0 Å². The van der Waals surface area contributed by atoms with Crippen molar-refractivity contribution >= 4 is 43.2 Å². The van der Waals surface area contributed by atoms with Crippen molar-refractivity contribution in [1.82, 2.24) is 5.32 Å². The molecule has 4 heteroatoms. The Morgan fingerprint density at radius 3 is 2.24 bits per heavy atom. The Kier molecular flexibility index (Phi) is 6.06. The second kappa shape index (κ2) is 7.40. The molecule has 1 aromatic carbocycles. The van der Waals surface area contributed by atoms with Crippen LogP contribution in [0.1, 0.15) is 37.1 Å². The monoisotopic (exact) mass is 429 g/mol. The van der Waals surface area contributed by atoms with E-state index >= 15 is 0 Å². The number of hydrogen-bond acceptors (Lipinski definition) is 2. The zero-order valence-corrected chi connectivity index (χ0v) is 16.6. The van der Waals surface area contributed by atoms with E-state index in [2.05, 4.69) is 94.3 Å². The number of nitrogens with one attached hydrogen (secondary N) is 1. The fourth-order valence-electron chi connectivity index (χ4n) is 2.18. The van der Waals surface area contributed by atoms with E-state index in [4.69, 9.17) is 0 Å². The van der Waals surface area contributed by atoms with E-state index in [0.717, 1.165) is 17.4 Å². The number of benzene rings is 1. The quantitative estimate of drug-likeness (QED) is 0.614. The van der Waals surface area contributed by atoms with Crippen LogP contribution in [0.25, 0.3) is 0 Å². The number of rotatable bonds is 5. The lowest BCUT2D eigenvalue weighted by Gasteiger charge is -2.25. The molecule has 1 N–H and O–H groups in total. The van der Waals surface area contributed by atoms with Crippen molar-refractivity contribution in [3.8, 4) is 0 Å². The highest BCUT2D eigenvalue weighted by molar-refractivity contribution is 9.11. The Morgan fingerprint density at radius 1 is 1.05 bits per heavy atom. The highest BCUT2D eigenvalue weighted by atomic mass is 79.9. The first-order valence-electron chi connectivity index (χ1n) is 7.08. The van der Waals surface area contributed by atoms with E-state index in [1.54, 1.807) is 0 Å². The van der Waals surface area contributed by atoms with Crippen molar-refractivity contribution < 1.29 is 0 Å². The van der Waals surface area contributed by atoms with E-state index in [1.807, 2.05) is 11.3 Å². The predicted molar refractivity (Wildman–Crippen MR) is 100 cm³/mol. The predicted octanol–water partition coefficient (Wildman–Crippen LogP) is 5.99. The molecule has 0 amide bonds. The summed E-state index contributed by atoms with van der Waals surface area (Å²) in [6.45, 7) is 7.63. The molecule has 114 valence electrons. The second-order valence-corrected chi connectivity index (χ2v) is 9.75. The van der Waals surface area contributed by atoms with Gasteiger partial charge >= 0.3 is 0 Å². The van der Waals surface area contributed by atoms with Crippen molar-refractivity contribution in [2.24, 2.45) is 0 Å². The molecule has 0 spiro atoms. The van der Waals surface area contributed by atoms with Gasteiger partial charge in [0.25, 0.3) is 0 Å². The molecule has 0 aliphatic heterocycles. The smallest absolute Gasteiger partial charge is 0.0701 e. The summed E-state index contributed by atoms with van der Waals surface area (Å²) in [5.74, 6) is 0.489. The average Bonchev–Trinajstić information content (AvgIpc) is 2.80. The summed E-state index contributed by atoms with van der Waals surface area (Å²) < 4.78 is 2.34. The van der Waals surface area contributed by atoms with E-state index in [-0.39, 0.29) is 5.54 Å². The van der Waals surface area contributed by atoms with Crippen LogP contribution >= 0.6 is 43.2 Å². The molecule has 0 aliphatic rings. The maximum atomic E-state index is 3.64. The van der Waals surface area contributed by atoms with Gasteiger partial charge in [0, 0.05) is 27.4 Å². The minimum absolute atomic E-state index is 0.143. The van der Waals surface area contributed by atoms with Crippen LogP contribution in [0.5, 0.6) is 0 Å². The molecular weight excluding hydrogens is 410 g/mol. The van der Waals surface area contributed by atoms with Gasteiger partial charge in [-0.15, -0.1) is 11.3 Å². The molecule has 1 aromatic heterocycles. The molecule has 1 nitrogen and oxygen atoms in total. The third kappa shape index (κ3) is 5.85. The van der Waals surface area contributed by atoms with Gasteiger partial charge in [0.1, 0.15) is 0 Å². The van der Waals surface area contributed by atoms with Gasteiger partial charge in [0.15, 0.2) is 0 Å². The van der Waals surface area contributed by atoms with Gasteiger partial charge in [0.2, 0.25) is 0 Å². The molecule has 1 atom stereocenters. The Bertz CT molecular complexity index is 569. The van der Waals surface area contributed by atoms with E-state index in [1.165, 1.54) is 14.2 Å². The lowest BCUT2D eigenvalue weighted by molar-refractivity contribution is 0.405. The molecule has 1 unspecified atom stereocenters. The van der Waals surface area contributed by atoms with Gasteiger partial charge in [-0.1, -0.05) is 28.1 Å². The third-order valence-electron chi connectivity index (χ3n) is 3.30. The van der Waals surface area contributed by atoms with Crippen LogP contribution in [0.2, 0.25) is 0 Å². The van der Waals surface area contributed by atoms with E-state index < -0.39 is 0 Å². The molecule has 0 fully saturated rings. The number of halogens is 2. The summed E-state index contributed by atoms with van der Waals surface area (Å²) >= 11 is 8.90. The number of hydrogen-bond donors (Lipinski definition) is 1. The molecular formula is C17H21Br2NS. The zero-order valence-electron chi connectivity index (χ0n) is 12.6. The van der Waals surface area contributed by atoms with Crippen molar-refractivity contribution in [3.63, 3.8) is 0 Å². The van der Waals surface area contributed by atoms with Gasteiger partial charge < -0.3 is 5.32 Å². The van der Waals surface area contributed by atoms with E-state index in [9.17, 15) is 0 Å². The topological polar surface area (TPSA) is 12.0 Å². The van der Waals surface area contributed by atoms with Gasteiger partial charge in [-0.05, 0) is 73.0 Å².